The molecule has 0 spiro atoms. The summed E-state index contributed by atoms with van der Waals surface area (Å²) in [6.45, 7) is 0.606. The number of thiocarbonyl (C=S) groups is 1. The van der Waals surface area contributed by atoms with Crippen LogP contribution < -0.4 is 4.90 Å². The number of carbonyl (C=O) groups excluding carboxylic acids is 1. The van der Waals surface area contributed by atoms with Crippen LogP contribution in [0, 0.1) is 5.82 Å². The minimum atomic E-state index is -0.250. The van der Waals surface area contributed by atoms with Gasteiger partial charge in [0.25, 0.3) is 5.91 Å². The fourth-order valence-electron chi connectivity index (χ4n) is 3.73. The van der Waals surface area contributed by atoms with E-state index in [4.69, 9.17) is 12.2 Å². The Balaban J connectivity index is 1.51. The summed E-state index contributed by atoms with van der Waals surface area (Å²) >= 11 is 10.2. The number of aromatic nitrogens is 1. The maximum absolute atomic E-state index is 13.3. The third-order valence-corrected chi connectivity index (χ3v) is 7.08. The standard InChI is InChI=1S/C25H16BrFN2OS2/c26-18-7-11-20(12-8-18)29-24(30)23(32-25(29)31)13-17-15-28(22-4-2-1-3-21(17)22)14-16-5-9-19(27)10-6-16/h1-13,15H,14H2/b23-13-. The Morgan fingerprint density at radius 2 is 1.72 bits per heavy atom. The van der Waals surface area contributed by atoms with Gasteiger partial charge >= 0.3 is 0 Å². The molecule has 4 aromatic rings. The molecule has 0 atom stereocenters. The van der Waals surface area contributed by atoms with E-state index in [1.807, 2.05) is 60.8 Å². The lowest BCUT2D eigenvalue weighted by atomic mass is 10.1. The molecule has 7 heteroatoms. The summed E-state index contributed by atoms with van der Waals surface area (Å²) in [5, 5.41) is 1.04. The van der Waals surface area contributed by atoms with Crippen LogP contribution in [0.4, 0.5) is 10.1 Å². The van der Waals surface area contributed by atoms with Crippen molar-refractivity contribution in [3.05, 3.63) is 105 Å². The van der Waals surface area contributed by atoms with Crippen LogP contribution in [0.15, 0.2) is 88.4 Å². The molecule has 5 rings (SSSR count). The largest absolute Gasteiger partial charge is 0.342 e. The summed E-state index contributed by atoms with van der Waals surface area (Å²) in [6, 6.07) is 22.1. The molecular formula is C25H16BrFN2OS2. The Morgan fingerprint density at radius 1 is 1.00 bits per heavy atom. The number of rotatable bonds is 4. The maximum Gasteiger partial charge on any atom is 0.270 e. The molecule has 158 valence electrons. The molecule has 1 amide bonds. The summed E-state index contributed by atoms with van der Waals surface area (Å²) in [4.78, 5) is 15.3. The molecule has 0 bridgehead atoms. The smallest absolute Gasteiger partial charge is 0.270 e. The van der Waals surface area contributed by atoms with Gasteiger partial charge in [0.1, 0.15) is 5.82 Å². The number of benzene rings is 3. The highest BCUT2D eigenvalue weighted by atomic mass is 79.9. The minimum Gasteiger partial charge on any atom is -0.342 e. The molecule has 0 saturated carbocycles. The van der Waals surface area contributed by atoms with Crippen LogP contribution >= 0.6 is 39.9 Å². The molecule has 0 aliphatic carbocycles. The van der Waals surface area contributed by atoms with Gasteiger partial charge < -0.3 is 4.57 Å². The van der Waals surface area contributed by atoms with Crippen molar-refractivity contribution in [1.82, 2.24) is 4.57 Å². The summed E-state index contributed by atoms with van der Waals surface area (Å²) in [5.74, 6) is -0.378. The number of halogens is 2. The van der Waals surface area contributed by atoms with Crippen molar-refractivity contribution in [2.24, 2.45) is 0 Å². The summed E-state index contributed by atoms with van der Waals surface area (Å²) in [5.41, 5.74) is 3.74. The van der Waals surface area contributed by atoms with E-state index >= 15 is 0 Å². The lowest BCUT2D eigenvalue weighted by molar-refractivity contribution is -0.113. The monoisotopic (exact) mass is 522 g/mol. The van der Waals surface area contributed by atoms with Gasteiger partial charge in [-0.05, 0) is 54.1 Å². The Hall–Kier alpha value is -2.74. The van der Waals surface area contributed by atoms with Crippen LogP contribution in [-0.4, -0.2) is 14.8 Å². The van der Waals surface area contributed by atoms with E-state index in [1.165, 1.54) is 23.9 Å². The molecular weight excluding hydrogens is 507 g/mol. The van der Waals surface area contributed by atoms with Crippen LogP contribution in [0.1, 0.15) is 11.1 Å². The SMILES string of the molecule is O=C1/C(=C/c2cn(Cc3ccc(F)cc3)c3ccccc23)SC(=S)N1c1ccc(Br)cc1. The molecule has 1 aliphatic rings. The fraction of sp³-hybridized carbons (Fsp3) is 0.0400. The maximum atomic E-state index is 13.3. The molecule has 1 fully saturated rings. The molecule has 1 saturated heterocycles. The highest BCUT2D eigenvalue weighted by Gasteiger charge is 2.33. The number of nitrogens with zero attached hydrogens (tertiary/aromatic N) is 2. The number of hydrogen-bond donors (Lipinski definition) is 0. The van der Waals surface area contributed by atoms with Gasteiger partial charge in [0.2, 0.25) is 0 Å². The topological polar surface area (TPSA) is 25.2 Å². The highest BCUT2D eigenvalue weighted by Crippen LogP contribution is 2.37. The quantitative estimate of drug-likeness (QED) is 0.213. The number of para-hydroxylation sites is 1. The van der Waals surface area contributed by atoms with Gasteiger partial charge in [0.05, 0.1) is 10.6 Å². The summed E-state index contributed by atoms with van der Waals surface area (Å²) in [6.07, 6.45) is 3.93. The Labute approximate surface area is 202 Å². The van der Waals surface area contributed by atoms with Crippen molar-refractivity contribution in [2.45, 2.75) is 6.54 Å². The molecule has 1 aliphatic heterocycles. The van der Waals surface area contributed by atoms with Gasteiger partial charge in [-0.25, -0.2) is 4.39 Å². The van der Waals surface area contributed by atoms with Crippen molar-refractivity contribution in [3.8, 4) is 0 Å². The number of hydrogen-bond acceptors (Lipinski definition) is 3. The van der Waals surface area contributed by atoms with E-state index in [1.54, 1.807) is 17.0 Å². The predicted molar refractivity (Wildman–Crippen MR) is 137 cm³/mol. The van der Waals surface area contributed by atoms with Gasteiger partial charge in [0, 0.05) is 33.7 Å². The van der Waals surface area contributed by atoms with Crippen LogP contribution in [0.2, 0.25) is 0 Å². The number of anilines is 1. The van der Waals surface area contributed by atoms with Crippen molar-refractivity contribution in [1.29, 1.82) is 0 Å². The van der Waals surface area contributed by atoms with E-state index in [-0.39, 0.29) is 11.7 Å². The highest BCUT2D eigenvalue weighted by molar-refractivity contribution is 9.10. The Bertz CT molecular complexity index is 1380. The van der Waals surface area contributed by atoms with E-state index in [9.17, 15) is 9.18 Å². The molecule has 0 unspecified atom stereocenters. The lowest BCUT2D eigenvalue weighted by Gasteiger charge is -2.14. The summed E-state index contributed by atoms with van der Waals surface area (Å²) < 4.78 is 16.9. The average molecular weight is 523 g/mol. The Kier molecular flexibility index (Phi) is 5.71. The first-order valence-corrected chi connectivity index (χ1v) is 11.9. The van der Waals surface area contributed by atoms with E-state index in [0.717, 1.165) is 32.2 Å². The number of fused-ring (bicyclic) bond motifs is 1. The normalized spacial score (nSPS) is 15.3. The molecule has 0 radical (unpaired) electrons. The first-order chi connectivity index (χ1) is 15.5. The first-order valence-electron chi connectivity index (χ1n) is 9.85. The van der Waals surface area contributed by atoms with E-state index < -0.39 is 0 Å². The van der Waals surface area contributed by atoms with Crippen LogP contribution in [-0.2, 0) is 11.3 Å². The van der Waals surface area contributed by atoms with Gasteiger partial charge in [0.15, 0.2) is 4.32 Å². The second kappa shape index (κ2) is 8.65. The lowest BCUT2D eigenvalue weighted by Crippen LogP contribution is -2.27. The predicted octanol–water partition coefficient (Wildman–Crippen LogP) is 7.00. The third-order valence-electron chi connectivity index (χ3n) is 5.25. The van der Waals surface area contributed by atoms with Crippen molar-refractivity contribution >= 4 is 72.8 Å². The van der Waals surface area contributed by atoms with E-state index in [0.29, 0.717) is 15.8 Å². The first kappa shape index (κ1) is 21.1. The number of carbonyl (C=O) groups is 1. The molecule has 3 nitrogen and oxygen atoms in total. The minimum absolute atomic E-state index is 0.127. The molecule has 0 N–H and O–H groups in total. The van der Waals surface area contributed by atoms with Crippen LogP contribution in [0.3, 0.4) is 0 Å². The second-order valence-electron chi connectivity index (χ2n) is 7.35. The average Bonchev–Trinajstić information content (AvgIpc) is 3.27. The van der Waals surface area contributed by atoms with Gasteiger partial charge in [-0.1, -0.05) is 70.2 Å². The zero-order chi connectivity index (χ0) is 22.2. The van der Waals surface area contributed by atoms with Crippen molar-refractivity contribution in [2.75, 3.05) is 4.90 Å². The third kappa shape index (κ3) is 4.03. The molecule has 1 aromatic heterocycles. The number of thioether (sulfide) groups is 1. The Morgan fingerprint density at radius 3 is 2.47 bits per heavy atom. The molecule has 32 heavy (non-hydrogen) atoms. The molecule has 3 aromatic carbocycles. The van der Waals surface area contributed by atoms with Crippen LogP contribution in [0.5, 0.6) is 0 Å². The van der Waals surface area contributed by atoms with E-state index in [2.05, 4.69) is 20.5 Å². The zero-order valence-electron chi connectivity index (χ0n) is 16.7. The van der Waals surface area contributed by atoms with Gasteiger partial charge in [-0.3, -0.25) is 9.69 Å². The fourth-order valence-corrected chi connectivity index (χ4v) is 5.28. The van der Waals surface area contributed by atoms with Gasteiger partial charge in [-0.2, -0.15) is 0 Å². The van der Waals surface area contributed by atoms with Crippen molar-refractivity contribution < 1.29 is 9.18 Å². The van der Waals surface area contributed by atoms with Crippen LogP contribution in [0.25, 0.3) is 17.0 Å². The van der Waals surface area contributed by atoms with Crippen molar-refractivity contribution in [3.63, 3.8) is 0 Å². The van der Waals surface area contributed by atoms with Gasteiger partial charge in [-0.15, -0.1) is 0 Å². The zero-order valence-corrected chi connectivity index (χ0v) is 19.9. The second-order valence-corrected chi connectivity index (χ2v) is 9.94. The number of amides is 1. The summed E-state index contributed by atoms with van der Waals surface area (Å²) in [7, 11) is 0. The molecule has 2 heterocycles.